The van der Waals surface area contributed by atoms with Crippen molar-refractivity contribution in [1.29, 1.82) is 0 Å². The normalized spacial score (nSPS) is 12.3. The Bertz CT molecular complexity index is 508. The Labute approximate surface area is 108 Å². The van der Waals surface area contributed by atoms with Crippen molar-refractivity contribution in [2.24, 2.45) is 0 Å². The summed E-state index contributed by atoms with van der Waals surface area (Å²) in [6.07, 6.45) is 0.854. The highest BCUT2D eigenvalue weighted by Gasteiger charge is 2.11. The monoisotopic (exact) mass is 242 g/mol. The lowest BCUT2D eigenvalue weighted by Crippen LogP contribution is -2.20. The number of hydrogen-bond acceptors (Lipinski definition) is 3. The number of aromatic nitrogens is 1. The molecule has 0 radical (unpaired) electrons. The third kappa shape index (κ3) is 3.08. The molecule has 94 valence electrons. The first kappa shape index (κ1) is 12.6. The maximum atomic E-state index is 9.27. The van der Waals surface area contributed by atoms with Crippen LogP contribution in [0.15, 0.2) is 42.5 Å². The lowest BCUT2D eigenvalue weighted by atomic mass is 10.0. The SMILES string of the molecule is CNC(Cc1ccc(O)cc1)c1cccc(C)n1. The van der Waals surface area contributed by atoms with Gasteiger partial charge in [0.25, 0.3) is 0 Å². The Kier molecular flexibility index (Phi) is 3.95. The summed E-state index contributed by atoms with van der Waals surface area (Å²) in [7, 11) is 1.94. The lowest BCUT2D eigenvalue weighted by Gasteiger charge is -2.16. The molecule has 0 aliphatic rings. The smallest absolute Gasteiger partial charge is 0.115 e. The van der Waals surface area contributed by atoms with E-state index in [0.29, 0.717) is 5.75 Å². The maximum Gasteiger partial charge on any atom is 0.115 e. The number of pyridine rings is 1. The third-order valence-corrected chi connectivity index (χ3v) is 2.99. The van der Waals surface area contributed by atoms with Crippen LogP contribution in [-0.4, -0.2) is 17.1 Å². The quantitative estimate of drug-likeness (QED) is 0.866. The van der Waals surface area contributed by atoms with Crippen molar-refractivity contribution in [1.82, 2.24) is 10.3 Å². The zero-order chi connectivity index (χ0) is 13.0. The summed E-state index contributed by atoms with van der Waals surface area (Å²) in [5.41, 5.74) is 3.25. The maximum absolute atomic E-state index is 9.27. The second kappa shape index (κ2) is 5.65. The number of likely N-dealkylation sites (N-methyl/N-ethyl adjacent to an activating group) is 1. The number of nitrogens with one attached hydrogen (secondary N) is 1. The average molecular weight is 242 g/mol. The Morgan fingerprint density at radius 3 is 2.50 bits per heavy atom. The molecule has 3 nitrogen and oxygen atoms in total. The van der Waals surface area contributed by atoms with E-state index in [0.717, 1.165) is 17.8 Å². The first-order valence-corrected chi connectivity index (χ1v) is 6.08. The molecule has 1 heterocycles. The van der Waals surface area contributed by atoms with E-state index < -0.39 is 0 Å². The molecule has 0 fully saturated rings. The van der Waals surface area contributed by atoms with Crippen molar-refractivity contribution >= 4 is 0 Å². The van der Waals surface area contributed by atoms with E-state index in [9.17, 15) is 5.11 Å². The zero-order valence-electron chi connectivity index (χ0n) is 10.7. The first-order valence-electron chi connectivity index (χ1n) is 6.08. The predicted octanol–water partition coefficient (Wildman–Crippen LogP) is 2.60. The average Bonchev–Trinajstić information content (AvgIpc) is 2.38. The minimum absolute atomic E-state index is 0.189. The number of phenols is 1. The van der Waals surface area contributed by atoms with Gasteiger partial charge in [-0.3, -0.25) is 4.98 Å². The molecule has 2 N–H and O–H groups in total. The van der Waals surface area contributed by atoms with Gasteiger partial charge >= 0.3 is 0 Å². The number of benzene rings is 1. The number of aromatic hydroxyl groups is 1. The van der Waals surface area contributed by atoms with Crippen molar-refractivity contribution in [3.63, 3.8) is 0 Å². The summed E-state index contributed by atoms with van der Waals surface area (Å²) in [5.74, 6) is 0.299. The molecule has 18 heavy (non-hydrogen) atoms. The van der Waals surface area contributed by atoms with E-state index in [1.807, 2.05) is 44.3 Å². The number of rotatable bonds is 4. The molecule has 0 spiro atoms. The van der Waals surface area contributed by atoms with Crippen molar-refractivity contribution < 1.29 is 5.11 Å². The fraction of sp³-hybridized carbons (Fsp3) is 0.267. The van der Waals surface area contributed by atoms with Gasteiger partial charge in [0, 0.05) is 5.69 Å². The second-order valence-electron chi connectivity index (χ2n) is 4.42. The van der Waals surface area contributed by atoms with Crippen LogP contribution in [0.4, 0.5) is 0 Å². The van der Waals surface area contributed by atoms with Crippen LogP contribution >= 0.6 is 0 Å². The van der Waals surface area contributed by atoms with Crippen molar-refractivity contribution in [3.8, 4) is 5.75 Å². The second-order valence-corrected chi connectivity index (χ2v) is 4.42. The Hall–Kier alpha value is -1.87. The Balaban J connectivity index is 2.17. The largest absolute Gasteiger partial charge is 0.508 e. The van der Waals surface area contributed by atoms with Gasteiger partial charge in [-0.15, -0.1) is 0 Å². The molecule has 1 atom stereocenters. The highest BCUT2D eigenvalue weighted by Crippen LogP contribution is 2.18. The minimum Gasteiger partial charge on any atom is -0.508 e. The van der Waals surface area contributed by atoms with Crippen molar-refractivity contribution in [2.45, 2.75) is 19.4 Å². The minimum atomic E-state index is 0.189. The highest BCUT2D eigenvalue weighted by atomic mass is 16.3. The van der Waals surface area contributed by atoms with Crippen LogP contribution in [0.3, 0.4) is 0 Å². The van der Waals surface area contributed by atoms with Gasteiger partial charge in [0.05, 0.1) is 11.7 Å². The number of phenolic OH excluding ortho intramolecular Hbond substituents is 1. The van der Waals surface area contributed by atoms with Gasteiger partial charge in [-0.05, 0) is 50.2 Å². The predicted molar refractivity (Wildman–Crippen MR) is 72.6 cm³/mol. The zero-order valence-corrected chi connectivity index (χ0v) is 10.7. The van der Waals surface area contributed by atoms with Crippen LogP contribution in [0, 0.1) is 6.92 Å². The molecule has 0 bridgehead atoms. The highest BCUT2D eigenvalue weighted by molar-refractivity contribution is 5.27. The van der Waals surface area contributed by atoms with Crippen LogP contribution in [0.5, 0.6) is 5.75 Å². The number of aryl methyl sites for hydroxylation is 1. The fourth-order valence-corrected chi connectivity index (χ4v) is 1.98. The summed E-state index contributed by atoms with van der Waals surface area (Å²) >= 11 is 0. The van der Waals surface area contributed by atoms with Gasteiger partial charge in [0.1, 0.15) is 5.75 Å². The summed E-state index contributed by atoms with van der Waals surface area (Å²) < 4.78 is 0. The van der Waals surface area contributed by atoms with Gasteiger partial charge in [0.2, 0.25) is 0 Å². The topological polar surface area (TPSA) is 45.1 Å². The van der Waals surface area contributed by atoms with Crippen LogP contribution < -0.4 is 5.32 Å². The molecular formula is C15H18N2O. The van der Waals surface area contributed by atoms with Crippen LogP contribution in [-0.2, 0) is 6.42 Å². The molecule has 0 amide bonds. The van der Waals surface area contributed by atoms with E-state index >= 15 is 0 Å². The van der Waals surface area contributed by atoms with Gasteiger partial charge in [0.15, 0.2) is 0 Å². The Morgan fingerprint density at radius 2 is 1.89 bits per heavy atom. The molecule has 2 aromatic rings. The molecule has 0 aliphatic carbocycles. The van der Waals surface area contributed by atoms with Gasteiger partial charge in [-0.25, -0.2) is 0 Å². The number of nitrogens with zero attached hydrogens (tertiary/aromatic N) is 1. The summed E-state index contributed by atoms with van der Waals surface area (Å²) in [6, 6.07) is 13.6. The van der Waals surface area contributed by atoms with Crippen LogP contribution in [0.1, 0.15) is 23.0 Å². The molecule has 3 heteroatoms. The summed E-state index contributed by atoms with van der Waals surface area (Å²) in [4.78, 5) is 4.55. The molecule has 1 unspecified atom stereocenters. The molecular weight excluding hydrogens is 224 g/mol. The van der Waals surface area contributed by atoms with Gasteiger partial charge in [-0.2, -0.15) is 0 Å². The van der Waals surface area contributed by atoms with E-state index in [4.69, 9.17) is 0 Å². The number of hydrogen-bond donors (Lipinski definition) is 2. The molecule has 1 aromatic heterocycles. The molecule has 0 saturated heterocycles. The van der Waals surface area contributed by atoms with Crippen LogP contribution in [0.25, 0.3) is 0 Å². The summed E-state index contributed by atoms with van der Waals surface area (Å²) in [6.45, 7) is 2.00. The van der Waals surface area contributed by atoms with Crippen molar-refractivity contribution in [3.05, 3.63) is 59.4 Å². The van der Waals surface area contributed by atoms with Crippen molar-refractivity contribution in [2.75, 3.05) is 7.05 Å². The molecule has 0 saturated carbocycles. The third-order valence-electron chi connectivity index (χ3n) is 2.99. The van der Waals surface area contributed by atoms with E-state index in [-0.39, 0.29) is 6.04 Å². The van der Waals surface area contributed by atoms with Gasteiger partial charge in [-0.1, -0.05) is 18.2 Å². The van der Waals surface area contributed by atoms with E-state index in [1.54, 1.807) is 12.1 Å². The van der Waals surface area contributed by atoms with E-state index in [1.165, 1.54) is 5.56 Å². The fourth-order valence-electron chi connectivity index (χ4n) is 1.98. The molecule has 2 rings (SSSR count). The lowest BCUT2D eigenvalue weighted by molar-refractivity contribution is 0.474. The molecule has 1 aromatic carbocycles. The standard InChI is InChI=1S/C15H18N2O/c1-11-4-3-5-14(17-11)15(16-2)10-12-6-8-13(18)9-7-12/h3-9,15-16,18H,10H2,1-2H3. The molecule has 0 aliphatic heterocycles. The van der Waals surface area contributed by atoms with E-state index in [2.05, 4.69) is 10.3 Å². The first-order chi connectivity index (χ1) is 8.69. The van der Waals surface area contributed by atoms with Gasteiger partial charge < -0.3 is 10.4 Å². The van der Waals surface area contributed by atoms with Crippen LogP contribution in [0.2, 0.25) is 0 Å². The Morgan fingerprint density at radius 1 is 1.17 bits per heavy atom. The summed E-state index contributed by atoms with van der Waals surface area (Å²) in [5, 5.41) is 12.6.